The molecular formula is C8H17F2NO2. The number of hydrogen-bond acceptors (Lipinski definition) is 3. The Labute approximate surface area is 77.4 Å². The van der Waals surface area contributed by atoms with Crippen LogP contribution in [0.1, 0.15) is 6.92 Å². The molecule has 5 heteroatoms. The number of alkyl halides is 2. The minimum Gasteiger partial charge on any atom is -0.383 e. The van der Waals surface area contributed by atoms with Crippen molar-refractivity contribution in [3.8, 4) is 0 Å². The summed E-state index contributed by atoms with van der Waals surface area (Å²) >= 11 is 0. The van der Waals surface area contributed by atoms with Crippen LogP contribution >= 0.6 is 0 Å². The van der Waals surface area contributed by atoms with Crippen molar-refractivity contribution in [3.05, 3.63) is 0 Å². The predicted molar refractivity (Wildman–Crippen MR) is 46.2 cm³/mol. The lowest BCUT2D eigenvalue weighted by Gasteiger charge is -2.12. The van der Waals surface area contributed by atoms with E-state index in [9.17, 15) is 8.78 Å². The van der Waals surface area contributed by atoms with E-state index in [1.54, 1.807) is 7.11 Å². The highest BCUT2D eigenvalue weighted by atomic mass is 19.3. The van der Waals surface area contributed by atoms with E-state index in [0.717, 1.165) is 0 Å². The highest BCUT2D eigenvalue weighted by Gasteiger charge is 2.02. The zero-order valence-corrected chi connectivity index (χ0v) is 8.06. The van der Waals surface area contributed by atoms with E-state index in [1.807, 2.05) is 6.92 Å². The predicted octanol–water partition coefficient (Wildman–Crippen LogP) is 0.893. The normalized spacial score (nSPS) is 13.6. The van der Waals surface area contributed by atoms with Crippen LogP contribution in [0.15, 0.2) is 0 Å². The van der Waals surface area contributed by atoms with E-state index in [1.165, 1.54) is 0 Å². The number of methoxy groups -OCH3 is 1. The molecule has 0 aliphatic rings. The number of hydrogen-bond donors (Lipinski definition) is 1. The number of ether oxygens (including phenoxy) is 2. The maximum atomic E-state index is 11.6. The van der Waals surface area contributed by atoms with Crippen molar-refractivity contribution in [1.82, 2.24) is 5.32 Å². The van der Waals surface area contributed by atoms with Crippen LogP contribution in [0.4, 0.5) is 8.78 Å². The molecule has 0 bridgehead atoms. The second-order valence-electron chi connectivity index (χ2n) is 2.78. The third-order valence-electron chi connectivity index (χ3n) is 1.40. The average Bonchev–Trinajstić information content (AvgIpc) is 2.03. The van der Waals surface area contributed by atoms with Gasteiger partial charge in [0.15, 0.2) is 0 Å². The van der Waals surface area contributed by atoms with Gasteiger partial charge in [-0.2, -0.15) is 0 Å². The lowest BCUT2D eigenvalue weighted by atomic mass is 10.3. The molecule has 0 saturated heterocycles. The van der Waals surface area contributed by atoms with Crippen LogP contribution in [0.3, 0.4) is 0 Å². The van der Waals surface area contributed by atoms with E-state index < -0.39 is 13.0 Å². The second-order valence-corrected chi connectivity index (χ2v) is 2.78. The standard InChI is InChI=1S/C8H17F2NO2/c1-7(5-12-2)11-3-4-13-6-8(9)10/h7-8,11H,3-6H2,1-2H3. The molecule has 0 fully saturated rings. The molecule has 80 valence electrons. The summed E-state index contributed by atoms with van der Waals surface area (Å²) in [5.41, 5.74) is 0. The molecule has 0 aliphatic carbocycles. The molecule has 0 aliphatic heterocycles. The monoisotopic (exact) mass is 197 g/mol. The highest BCUT2D eigenvalue weighted by molar-refractivity contribution is 4.57. The molecule has 0 heterocycles. The molecule has 0 saturated carbocycles. The summed E-state index contributed by atoms with van der Waals surface area (Å²) in [5, 5.41) is 3.06. The summed E-state index contributed by atoms with van der Waals surface area (Å²) in [6.45, 7) is 2.95. The van der Waals surface area contributed by atoms with Gasteiger partial charge in [0, 0.05) is 19.7 Å². The van der Waals surface area contributed by atoms with E-state index >= 15 is 0 Å². The smallest absolute Gasteiger partial charge is 0.261 e. The van der Waals surface area contributed by atoms with E-state index in [4.69, 9.17) is 4.74 Å². The minimum atomic E-state index is -2.38. The molecule has 0 aromatic carbocycles. The van der Waals surface area contributed by atoms with Crippen molar-refractivity contribution in [3.63, 3.8) is 0 Å². The lowest BCUT2D eigenvalue weighted by molar-refractivity contribution is 0.0177. The maximum Gasteiger partial charge on any atom is 0.261 e. The van der Waals surface area contributed by atoms with Gasteiger partial charge < -0.3 is 14.8 Å². The number of nitrogens with one attached hydrogen (secondary N) is 1. The Kier molecular flexibility index (Phi) is 8.18. The first-order valence-corrected chi connectivity index (χ1v) is 4.25. The minimum absolute atomic E-state index is 0.222. The Bertz CT molecular complexity index is 114. The first kappa shape index (κ1) is 12.7. The van der Waals surface area contributed by atoms with Gasteiger partial charge in [-0.1, -0.05) is 0 Å². The van der Waals surface area contributed by atoms with Crippen molar-refractivity contribution in [2.75, 3.05) is 33.5 Å². The summed E-state index contributed by atoms with van der Waals surface area (Å²) in [5.74, 6) is 0. The summed E-state index contributed by atoms with van der Waals surface area (Å²) in [7, 11) is 1.62. The summed E-state index contributed by atoms with van der Waals surface area (Å²) < 4.78 is 32.7. The quantitative estimate of drug-likeness (QED) is 0.586. The Morgan fingerprint density at radius 1 is 1.31 bits per heavy atom. The Hall–Kier alpha value is -0.260. The SMILES string of the molecule is COCC(C)NCCOCC(F)F. The van der Waals surface area contributed by atoms with Gasteiger partial charge in [0.25, 0.3) is 6.43 Å². The van der Waals surface area contributed by atoms with Gasteiger partial charge >= 0.3 is 0 Å². The fourth-order valence-corrected chi connectivity index (χ4v) is 0.859. The van der Waals surface area contributed by atoms with Crippen molar-refractivity contribution in [2.45, 2.75) is 19.4 Å². The van der Waals surface area contributed by atoms with Crippen LogP contribution in [0.25, 0.3) is 0 Å². The van der Waals surface area contributed by atoms with Crippen molar-refractivity contribution < 1.29 is 18.3 Å². The lowest BCUT2D eigenvalue weighted by Crippen LogP contribution is -2.33. The Morgan fingerprint density at radius 3 is 2.54 bits per heavy atom. The largest absolute Gasteiger partial charge is 0.383 e. The Morgan fingerprint density at radius 2 is 2.00 bits per heavy atom. The molecule has 0 aromatic heterocycles. The van der Waals surface area contributed by atoms with Gasteiger partial charge in [-0.3, -0.25) is 0 Å². The van der Waals surface area contributed by atoms with Crippen molar-refractivity contribution >= 4 is 0 Å². The first-order valence-electron chi connectivity index (χ1n) is 4.25. The molecule has 13 heavy (non-hydrogen) atoms. The second kappa shape index (κ2) is 8.34. The van der Waals surface area contributed by atoms with Crippen molar-refractivity contribution in [2.24, 2.45) is 0 Å². The fourth-order valence-electron chi connectivity index (χ4n) is 0.859. The number of halogens is 2. The van der Waals surface area contributed by atoms with Gasteiger partial charge in [0.1, 0.15) is 6.61 Å². The van der Waals surface area contributed by atoms with Gasteiger partial charge in [-0.05, 0) is 6.92 Å². The van der Waals surface area contributed by atoms with Crippen LogP contribution in [0.5, 0.6) is 0 Å². The molecule has 0 aromatic rings. The van der Waals surface area contributed by atoms with Crippen LogP contribution in [-0.2, 0) is 9.47 Å². The third-order valence-corrected chi connectivity index (χ3v) is 1.40. The highest BCUT2D eigenvalue weighted by Crippen LogP contribution is 1.91. The van der Waals surface area contributed by atoms with Gasteiger partial charge in [0.2, 0.25) is 0 Å². The van der Waals surface area contributed by atoms with Crippen molar-refractivity contribution in [1.29, 1.82) is 0 Å². The molecule has 0 rings (SSSR count). The summed E-state index contributed by atoms with van der Waals surface area (Å²) in [6, 6.07) is 0.222. The first-order chi connectivity index (χ1) is 6.16. The van der Waals surface area contributed by atoms with Crippen LogP contribution in [0.2, 0.25) is 0 Å². The zero-order chi connectivity index (χ0) is 10.1. The molecule has 1 atom stereocenters. The van der Waals surface area contributed by atoms with E-state index in [0.29, 0.717) is 19.8 Å². The molecule has 0 amide bonds. The molecule has 3 nitrogen and oxygen atoms in total. The molecule has 1 N–H and O–H groups in total. The van der Waals surface area contributed by atoms with E-state index in [2.05, 4.69) is 10.1 Å². The Balaban J connectivity index is 3.06. The number of rotatable bonds is 8. The van der Waals surface area contributed by atoms with Crippen LogP contribution in [0, 0.1) is 0 Å². The van der Waals surface area contributed by atoms with Gasteiger partial charge in [-0.25, -0.2) is 8.78 Å². The van der Waals surface area contributed by atoms with E-state index in [-0.39, 0.29) is 6.04 Å². The molecule has 1 unspecified atom stereocenters. The molecule has 0 radical (unpaired) electrons. The van der Waals surface area contributed by atoms with Crippen LogP contribution < -0.4 is 5.32 Å². The van der Waals surface area contributed by atoms with Crippen LogP contribution in [-0.4, -0.2) is 45.9 Å². The topological polar surface area (TPSA) is 30.5 Å². The summed E-state index contributed by atoms with van der Waals surface area (Å²) in [4.78, 5) is 0. The third kappa shape index (κ3) is 9.66. The molecular weight excluding hydrogens is 180 g/mol. The summed E-state index contributed by atoms with van der Waals surface area (Å²) in [6.07, 6.45) is -2.38. The average molecular weight is 197 g/mol. The molecule has 0 spiro atoms. The fraction of sp³-hybridized carbons (Fsp3) is 1.00. The zero-order valence-electron chi connectivity index (χ0n) is 8.06. The van der Waals surface area contributed by atoms with Gasteiger partial charge in [-0.15, -0.1) is 0 Å². The van der Waals surface area contributed by atoms with Gasteiger partial charge in [0.05, 0.1) is 13.2 Å². The maximum absolute atomic E-state index is 11.6.